The summed E-state index contributed by atoms with van der Waals surface area (Å²) in [5.41, 5.74) is 5.63. The molecule has 4 aromatic carbocycles. The van der Waals surface area contributed by atoms with Gasteiger partial charge in [0.25, 0.3) is 0 Å². The fourth-order valence-electron chi connectivity index (χ4n) is 4.92. The molecule has 0 saturated carbocycles. The molecule has 0 fully saturated rings. The lowest BCUT2D eigenvalue weighted by molar-refractivity contribution is -0.145. The van der Waals surface area contributed by atoms with Gasteiger partial charge in [0.1, 0.15) is 5.75 Å². The third kappa shape index (κ3) is 4.49. The van der Waals surface area contributed by atoms with Crippen LogP contribution in [-0.2, 0) is 11.2 Å². The maximum atomic E-state index is 12.1. The average Bonchev–Trinajstić information content (AvgIpc) is 3.15. The number of carboxylic acid groups (broad SMARTS) is 1. The number of aryl methyl sites for hydroxylation is 2. The largest absolute Gasteiger partial charge is 0.478 e. The van der Waals surface area contributed by atoms with Crippen LogP contribution in [0.4, 0.5) is 0 Å². The molecule has 4 heteroatoms. The number of carboxylic acids is 1. The van der Waals surface area contributed by atoms with E-state index in [1.165, 1.54) is 36.9 Å². The summed E-state index contributed by atoms with van der Waals surface area (Å²) < 4.78 is 7.46. The molecule has 0 aliphatic rings. The Morgan fingerprint density at radius 2 is 1.67 bits per heavy atom. The molecule has 5 rings (SSSR count). The van der Waals surface area contributed by atoms with Crippen LogP contribution in [0.5, 0.6) is 5.75 Å². The molecule has 0 saturated heterocycles. The predicted molar refractivity (Wildman–Crippen MR) is 151 cm³/mol. The summed E-state index contributed by atoms with van der Waals surface area (Å²) in [5.74, 6) is -0.161. The van der Waals surface area contributed by atoms with E-state index in [2.05, 4.69) is 70.2 Å². The summed E-state index contributed by atoms with van der Waals surface area (Å²) in [6.45, 7) is 8.63. The highest BCUT2D eigenvalue weighted by molar-refractivity contribution is 7.19. The van der Waals surface area contributed by atoms with Crippen LogP contribution in [0.1, 0.15) is 41.3 Å². The number of fused-ring (bicyclic) bond motifs is 2. The summed E-state index contributed by atoms with van der Waals surface area (Å²) in [5, 5.41) is 13.6. The van der Waals surface area contributed by atoms with Crippen molar-refractivity contribution in [3.8, 4) is 16.9 Å². The Labute approximate surface area is 216 Å². The number of ether oxygens (including phenoxy) is 1. The van der Waals surface area contributed by atoms with Crippen LogP contribution in [0.15, 0.2) is 78.9 Å². The van der Waals surface area contributed by atoms with E-state index in [0.717, 1.165) is 16.7 Å². The zero-order valence-electron chi connectivity index (χ0n) is 21.0. The van der Waals surface area contributed by atoms with E-state index in [4.69, 9.17) is 4.74 Å². The molecule has 0 aliphatic carbocycles. The first-order valence-corrected chi connectivity index (χ1v) is 13.1. The van der Waals surface area contributed by atoms with Crippen LogP contribution >= 0.6 is 11.3 Å². The normalized spacial score (nSPS) is 12.4. The zero-order valence-corrected chi connectivity index (χ0v) is 21.9. The maximum absolute atomic E-state index is 12.1. The van der Waals surface area contributed by atoms with E-state index in [1.54, 1.807) is 0 Å². The van der Waals surface area contributed by atoms with E-state index in [1.807, 2.05) is 47.7 Å². The molecule has 1 aromatic heterocycles. The molecule has 36 heavy (non-hydrogen) atoms. The van der Waals surface area contributed by atoms with Crippen LogP contribution in [0.25, 0.3) is 32.0 Å². The molecule has 5 aromatic rings. The monoisotopic (exact) mass is 494 g/mol. The minimum Gasteiger partial charge on any atom is -0.478 e. The van der Waals surface area contributed by atoms with Gasteiger partial charge in [0.05, 0.1) is 0 Å². The molecule has 0 unspecified atom stereocenters. The van der Waals surface area contributed by atoms with E-state index < -0.39 is 12.1 Å². The molecule has 3 nitrogen and oxygen atoms in total. The van der Waals surface area contributed by atoms with Gasteiger partial charge < -0.3 is 9.84 Å². The lowest BCUT2D eigenvalue weighted by Gasteiger charge is -2.21. The average molecular weight is 495 g/mol. The second-order valence-corrected chi connectivity index (χ2v) is 10.9. The highest BCUT2D eigenvalue weighted by Gasteiger charge is 2.23. The van der Waals surface area contributed by atoms with Crippen molar-refractivity contribution in [1.29, 1.82) is 0 Å². The third-order valence-electron chi connectivity index (χ3n) is 6.91. The first-order valence-electron chi connectivity index (χ1n) is 12.3. The Kier molecular flexibility index (Phi) is 6.55. The first kappa shape index (κ1) is 24.1. The molecular formula is C32H30O3S. The molecule has 182 valence electrons. The van der Waals surface area contributed by atoms with Gasteiger partial charge in [0.15, 0.2) is 6.10 Å². The van der Waals surface area contributed by atoms with Crippen molar-refractivity contribution in [2.24, 2.45) is 0 Å². The number of thiophene rings is 1. The lowest BCUT2D eigenvalue weighted by atomic mass is 9.90. The Morgan fingerprint density at radius 1 is 0.944 bits per heavy atom. The minimum atomic E-state index is -0.960. The highest BCUT2D eigenvalue weighted by atomic mass is 32.1. The molecule has 0 bridgehead atoms. The predicted octanol–water partition coefficient (Wildman–Crippen LogP) is 8.54. The number of carbonyl (C=O) groups is 1. The smallest absolute Gasteiger partial charge is 0.345 e. The molecular weight excluding hydrogens is 464 g/mol. The molecule has 1 atom stereocenters. The van der Waals surface area contributed by atoms with E-state index in [0.29, 0.717) is 12.2 Å². The van der Waals surface area contributed by atoms with Crippen LogP contribution in [0.2, 0.25) is 0 Å². The van der Waals surface area contributed by atoms with E-state index >= 15 is 0 Å². The molecule has 0 aliphatic heterocycles. The van der Waals surface area contributed by atoms with Crippen LogP contribution in [0.3, 0.4) is 0 Å². The van der Waals surface area contributed by atoms with Gasteiger partial charge in [-0.25, -0.2) is 4.79 Å². The SMILES string of the molecule is Cc1sc2cc3ccccc3c(-c3ccc(O[C@H](Cc4ccccc4)C(=O)O)c(C(C)C)c3)c2c1C. The Bertz CT molecular complexity index is 1560. The fourth-order valence-corrected chi connectivity index (χ4v) is 6.04. The van der Waals surface area contributed by atoms with Crippen molar-refractivity contribution in [2.75, 3.05) is 0 Å². The summed E-state index contributed by atoms with van der Waals surface area (Å²) in [6, 6.07) is 26.7. The van der Waals surface area contributed by atoms with Crippen molar-refractivity contribution < 1.29 is 14.6 Å². The summed E-state index contributed by atoms with van der Waals surface area (Å²) >= 11 is 1.84. The van der Waals surface area contributed by atoms with Gasteiger partial charge in [-0.15, -0.1) is 11.3 Å². The van der Waals surface area contributed by atoms with Crippen LogP contribution in [-0.4, -0.2) is 17.2 Å². The third-order valence-corrected chi connectivity index (χ3v) is 8.06. The molecule has 1 N–H and O–H groups in total. The van der Waals surface area contributed by atoms with E-state index in [-0.39, 0.29) is 5.92 Å². The van der Waals surface area contributed by atoms with Gasteiger partial charge in [0, 0.05) is 21.4 Å². The lowest BCUT2D eigenvalue weighted by Crippen LogP contribution is -2.29. The summed E-state index contributed by atoms with van der Waals surface area (Å²) in [4.78, 5) is 13.4. The van der Waals surface area contributed by atoms with Crippen molar-refractivity contribution >= 4 is 38.2 Å². The van der Waals surface area contributed by atoms with Crippen molar-refractivity contribution in [1.82, 2.24) is 0 Å². The molecule has 0 radical (unpaired) electrons. The molecule has 1 heterocycles. The first-order chi connectivity index (χ1) is 17.3. The maximum Gasteiger partial charge on any atom is 0.345 e. The number of hydrogen-bond donors (Lipinski definition) is 1. The minimum absolute atomic E-state index is 0.168. The zero-order chi connectivity index (χ0) is 25.4. The number of benzene rings is 4. The van der Waals surface area contributed by atoms with Gasteiger partial charge in [-0.1, -0.05) is 74.5 Å². The standard InChI is InChI=1S/C32H30O3S/c1-19(2)26-17-24(14-15-27(26)35-28(32(33)34)16-22-10-6-5-7-11-22)31-25-13-9-8-12-23(25)18-29-30(31)20(3)21(4)36-29/h5-15,17-19,28H,16H2,1-4H3,(H,33,34)/t28-/m1/s1. The number of aliphatic carboxylic acids is 1. The van der Waals surface area contributed by atoms with Crippen molar-refractivity contribution in [3.63, 3.8) is 0 Å². The second-order valence-electron chi connectivity index (χ2n) is 9.67. The Balaban J connectivity index is 1.63. The fraction of sp³-hybridized carbons (Fsp3) is 0.219. The van der Waals surface area contributed by atoms with Crippen molar-refractivity contribution in [3.05, 3.63) is 100 Å². The Hall–Kier alpha value is -3.63. The molecule has 0 spiro atoms. The highest BCUT2D eigenvalue weighted by Crippen LogP contribution is 2.44. The van der Waals surface area contributed by atoms with Gasteiger partial charge in [-0.05, 0) is 76.6 Å². The quantitative estimate of drug-likeness (QED) is 0.247. The Morgan fingerprint density at radius 3 is 2.39 bits per heavy atom. The summed E-state index contributed by atoms with van der Waals surface area (Å²) in [6.07, 6.45) is -0.644. The van der Waals surface area contributed by atoms with E-state index in [9.17, 15) is 9.90 Å². The number of rotatable bonds is 7. The van der Waals surface area contributed by atoms with Gasteiger partial charge in [-0.3, -0.25) is 0 Å². The van der Waals surface area contributed by atoms with Crippen LogP contribution < -0.4 is 4.74 Å². The van der Waals surface area contributed by atoms with Crippen LogP contribution in [0, 0.1) is 13.8 Å². The summed E-state index contributed by atoms with van der Waals surface area (Å²) in [7, 11) is 0. The second kappa shape index (κ2) is 9.79. The molecule has 0 amide bonds. The van der Waals surface area contributed by atoms with Crippen molar-refractivity contribution in [2.45, 2.75) is 46.1 Å². The van der Waals surface area contributed by atoms with Gasteiger partial charge in [0.2, 0.25) is 0 Å². The van der Waals surface area contributed by atoms with Gasteiger partial charge >= 0.3 is 5.97 Å². The topological polar surface area (TPSA) is 46.5 Å². The van der Waals surface area contributed by atoms with Gasteiger partial charge in [-0.2, -0.15) is 0 Å². The number of hydrogen-bond acceptors (Lipinski definition) is 3.